The predicted molar refractivity (Wildman–Crippen MR) is 70.3 cm³/mol. The van der Waals surface area contributed by atoms with E-state index in [0.717, 1.165) is 4.47 Å². The van der Waals surface area contributed by atoms with E-state index in [1.807, 2.05) is 0 Å². The first-order chi connectivity index (χ1) is 8.93. The van der Waals surface area contributed by atoms with Crippen LogP contribution in [0.3, 0.4) is 0 Å². The number of methoxy groups -OCH3 is 1. The van der Waals surface area contributed by atoms with E-state index in [0.29, 0.717) is 24.2 Å². The summed E-state index contributed by atoms with van der Waals surface area (Å²) < 4.78 is 31.8. The third-order valence-corrected chi connectivity index (χ3v) is 3.90. The van der Waals surface area contributed by atoms with Crippen molar-refractivity contribution in [2.45, 2.75) is 18.9 Å². The van der Waals surface area contributed by atoms with Gasteiger partial charge in [-0.05, 0) is 17.7 Å². The minimum Gasteiger partial charge on any atom is -0.465 e. The van der Waals surface area contributed by atoms with Crippen LogP contribution in [0.2, 0.25) is 0 Å². The number of rotatable bonds is 3. The van der Waals surface area contributed by atoms with Crippen LogP contribution in [0.5, 0.6) is 0 Å². The maximum Gasteiger partial charge on any atom is 0.338 e. The predicted octanol–water partition coefficient (Wildman–Crippen LogP) is 3.08. The Morgan fingerprint density at radius 1 is 1.53 bits per heavy atom. The van der Waals surface area contributed by atoms with Gasteiger partial charge >= 0.3 is 5.97 Å². The van der Waals surface area contributed by atoms with Crippen LogP contribution < -0.4 is 0 Å². The lowest BCUT2D eigenvalue weighted by molar-refractivity contribution is 0.0115. The van der Waals surface area contributed by atoms with Crippen LogP contribution in [-0.4, -0.2) is 37.0 Å². The Hall–Kier alpha value is -1.01. The average molecular weight is 334 g/mol. The molecule has 1 fully saturated rings. The number of hydrogen-bond acceptors (Lipinski definition) is 3. The van der Waals surface area contributed by atoms with Crippen molar-refractivity contribution in [2.24, 2.45) is 0 Å². The van der Waals surface area contributed by atoms with Gasteiger partial charge in [-0.2, -0.15) is 0 Å². The van der Waals surface area contributed by atoms with E-state index < -0.39 is 11.9 Å². The average Bonchev–Trinajstić information content (AvgIpc) is 2.70. The van der Waals surface area contributed by atoms with E-state index in [4.69, 9.17) is 4.74 Å². The molecule has 19 heavy (non-hydrogen) atoms. The van der Waals surface area contributed by atoms with Gasteiger partial charge in [0.2, 0.25) is 0 Å². The molecule has 104 valence electrons. The quantitative estimate of drug-likeness (QED) is 0.796. The molecule has 1 aromatic carbocycles. The molecule has 0 saturated carbocycles. The fourth-order valence-corrected chi connectivity index (χ4v) is 2.68. The van der Waals surface area contributed by atoms with E-state index >= 15 is 0 Å². The Morgan fingerprint density at radius 2 is 2.26 bits per heavy atom. The van der Waals surface area contributed by atoms with Crippen molar-refractivity contribution >= 4 is 21.9 Å². The third-order valence-electron chi connectivity index (χ3n) is 3.15. The van der Waals surface area contributed by atoms with E-state index in [1.54, 1.807) is 23.1 Å². The highest BCUT2D eigenvalue weighted by atomic mass is 79.9. The molecule has 3 nitrogen and oxygen atoms in total. The Kier molecular flexibility index (Phi) is 4.20. The lowest BCUT2D eigenvalue weighted by Gasteiger charge is -2.18. The fraction of sp³-hybridized carbons (Fsp3) is 0.462. The second-order valence-corrected chi connectivity index (χ2v) is 5.43. The molecule has 0 spiro atoms. The molecule has 1 heterocycles. The van der Waals surface area contributed by atoms with Crippen molar-refractivity contribution in [3.63, 3.8) is 0 Å². The van der Waals surface area contributed by atoms with Gasteiger partial charge in [-0.15, -0.1) is 0 Å². The summed E-state index contributed by atoms with van der Waals surface area (Å²) in [4.78, 5) is 13.3. The molecule has 0 aliphatic carbocycles. The first-order valence-corrected chi connectivity index (χ1v) is 6.68. The van der Waals surface area contributed by atoms with Gasteiger partial charge < -0.3 is 4.74 Å². The highest BCUT2D eigenvalue weighted by Crippen LogP contribution is 2.30. The van der Waals surface area contributed by atoms with Crippen molar-refractivity contribution in [2.75, 3.05) is 20.2 Å². The molecule has 2 rings (SSSR count). The minimum absolute atomic E-state index is 0.134. The molecular formula is C13H14BrF2NO2. The molecule has 6 heteroatoms. The molecule has 0 amide bonds. The van der Waals surface area contributed by atoms with Gasteiger partial charge in [-0.25, -0.2) is 13.6 Å². The van der Waals surface area contributed by atoms with Crippen molar-refractivity contribution < 1.29 is 18.3 Å². The molecule has 0 radical (unpaired) electrons. The highest BCUT2D eigenvalue weighted by molar-refractivity contribution is 9.10. The smallest absolute Gasteiger partial charge is 0.338 e. The fourth-order valence-electron chi connectivity index (χ4n) is 2.19. The topological polar surface area (TPSA) is 29.5 Å². The van der Waals surface area contributed by atoms with Crippen LogP contribution in [-0.2, 0) is 11.3 Å². The van der Waals surface area contributed by atoms with E-state index in [2.05, 4.69) is 15.9 Å². The third kappa shape index (κ3) is 3.30. The first kappa shape index (κ1) is 14.4. The Morgan fingerprint density at radius 3 is 2.84 bits per heavy atom. The summed E-state index contributed by atoms with van der Waals surface area (Å²) in [5.74, 6) is -3.09. The molecule has 1 aromatic rings. The zero-order chi connectivity index (χ0) is 14.0. The Bertz CT molecular complexity index is 494. The Balaban J connectivity index is 2.22. The number of carbonyl (C=O) groups is 1. The van der Waals surface area contributed by atoms with Gasteiger partial charge in [-0.3, -0.25) is 4.90 Å². The number of halogens is 3. The summed E-state index contributed by atoms with van der Waals surface area (Å²) >= 11 is 3.36. The number of benzene rings is 1. The first-order valence-electron chi connectivity index (χ1n) is 5.89. The Labute approximate surface area is 118 Å². The van der Waals surface area contributed by atoms with Crippen molar-refractivity contribution in [3.05, 3.63) is 33.8 Å². The normalized spacial score (nSPS) is 18.5. The molecular weight excluding hydrogens is 320 g/mol. The molecule has 0 aromatic heterocycles. The largest absolute Gasteiger partial charge is 0.465 e. The molecule has 1 aliphatic heterocycles. The number of hydrogen-bond donors (Lipinski definition) is 0. The SMILES string of the molecule is COC(=O)c1cccc(Br)c1CN1CCC(F)(F)C1. The van der Waals surface area contributed by atoms with Crippen molar-refractivity contribution in [3.8, 4) is 0 Å². The second-order valence-electron chi connectivity index (χ2n) is 4.57. The van der Waals surface area contributed by atoms with Gasteiger partial charge in [0, 0.05) is 24.0 Å². The number of likely N-dealkylation sites (tertiary alicyclic amines) is 1. The van der Waals surface area contributed by atoms with Gasteiger partial charge in [0.1, 0.15) is 0 Å². The van der Waals surface area contributed by atoms with Crippen LogP contribution in [0.15, 0.2) is 22.7 Å². The number of esters is 1. The van der Waals surface area contributed by atoms with E-state index in [1.165, 1.54) is 7.11 Å². The maximum absolute atomic E-state index is 13.2. The second kappa shape index (κ2) is 5.54. The minimum atomic E-state index is -2.63. The molecule has 0 unspecified atom stereocenters. The zero-order valence-corrected chi connectivity index (χ0v) is 12.0. The summed E-state index contributed by atoms with van der Waals surface area (Å²) in [7, 11) is 1.30. The summed E-state index contributed by atoms with van der Waals surface area (Å²) in [6, 6.07) is 5.15. The molecule has 1 aliphatic rings. The van der Waals surface area contributed by atoms with Crippen molar-refractivity contribution in [1.29, 1.82) is 0 Å². The number of carbonyl (C=O) groups excluding carboxylic acids is 1. The van der Waals surface area contributed by atoms with Gasteiger partial charge in [0.25, 0.3) is 5.92 Å². The number of nitrogens with zero attached hydrogens (tertiary/aromatic N) is 1. The van der Waals surface area contributed by atoms with E-state index in [9.17, 15) is 13.6 Å². The summed E-state index contributed by atoms with van der Waals surface area (Å²) in [5.41, 5.74) is 1.10. The summed E-state index contributed by atoms with van der Waals surface area (Å²) in [5, 5.41) is 0. The molecule has 1 saturated heterocycles. The molecule has 0 bridgehead atoms. The molecule has 0 atom stereocenters. The van der Waals surface area contributed by atoms with Crippen LogP contribution in [0.4, 0.5) is 8.78 Å². The summed E-state index contributed by atoms with van der Waals surface area (Å²) in [6.07, 6.45) is -0.134. The highest BCUT2D eigenvalue weighted by Gasteiger charge is 2.38. The standard InChI is InChI=1S/C13H14BrF2NO2/c1-19-12(18)9-3-2-4-11(14)10(9)7-17-6-5-13(15,16)8-17/h2-4H,5-8H2,1H3. The van der Waals surface area contributed by atoms with Gasteiger partial charge in [0.05, 0.1) is 19.2 Å². The lowest BCUT2D eigenvalue weighted by atomic mass is 10.1. The van der Waals surface area contributed by atoms with Crippen LogP contribution in [0.25, 0.3) is 0 Å². The van der Waals surface area contributed by atoms with Gasteiger partial charge in [0.15, 0.2) is 0 Å². The van der Waals surface area contributed by atoms with Crippen LogP contribution in [0, 0.1) is 0 Å². The van der Waals surface area contributed by atoms with Crippen LogP contribution >= 0.6 is 15.9 Å². The van der Waals surface area contributed by atoms with E-state index in [-0.39, 0.29) is 13.0 Å². The number of ether oxygens (including phenoxy) is 1. The molecule has 0 N–H and O–H groups in total. The lowest BCUT2D eigenvalue weighted by Crippen LogP contribution is -2.26. The zero-order valence-electron chi connectivity index (χ0n) is 10.5. The maximum atomic E-state index is 13.2. The van der Waals surface area contributed by atoms with Gasteiger partial charge in [-0.1, -0.05) is 22.0 Å². The monoisotopic (exact) mass is 333 g/mol. The number of alkyl halides is 2. The van der Waals surface area contributed by atoms with Crippen molar-refractivity contribution in [1.82, 2.24) is 4.90 Å². The van der Waals surface area contributed by atoms with Crippen LogP contribution in [0.1, 0.15) is 22.3 Å². The summed E-state index contributed by atoms with van der Waals surface area (Å²) in [6.45, 7) is 0.366.